The highest BCUT2D eigenvalue weighted by molar-refractivity contribution is 9.10. The van der Waals surface area contributed by atoms with Crippen LogP contribution in [0.1, 0.15) is 23.6 Å². The quantitative estimate of drug-likeness (QED) is 0.822. The first-order valence-corrected chi connectivity index (χ1v) is 6.90. The average Bonchev–Trinajstić information content (AvgIpc) is 2.46. The maximum atomic E-state index is 12.7. The number of aliphatic carboxylic acids is 1. The van der Waals surface area contributed by atoms with Gasteiger partial charge in [-0.05, 0) is 39.7 Å². The molecule has 0 bridgehead atoms. The van der Waals surface area contributed by atoms with E-state index in [-0.39, 0.29) is 11.1 Å². The standard InChI is InChI=1S/C15H12BrF2NO2/c16-11-6-1-2-7-12(11)19-13(15(20)21)9-4-3-5-10(8-9)14(17)18/h1-8,13-14,19H,(H,20,21). The van der Waals surface area contributed by atoms with E-state index < -0.39 is 18.4 Å². The van der Waals surface area contributed by atoms with Crippen LogP contribution < -0.4 is 5.32 Å². The summed E-state index contributed by atoms with van der Waals surface area (Å²) in [6.45, 7) is 0. The van der Waals surface area contributed by atoms with Crippen LogP contribution in [0.3, 0.4) is 0 Å². The van der Waals surface area contributed by atoms with Gasteiger partial charge in [0.2, 0.25) is 0 Å². The Morgan fingerprint density at radius 1 is 1.10 bits per heavy atom. The number of carboxylic acids is 1. The Balaban J connectivity index is 2.34. The van der Waals surface area contributed by atoms with Gasteiger partial charge >= 0.3 is 5.97 Å². The number of alkyl halides is 2. The normalized spacial score (nSPS) is 12.2. The molecule has 0 aliphatic carbocycles. The van der Waals surface area contributed by atoms with Gasteiger partial charge in [-0.1, -0.05) is 30.3 Å². The summed E-state index contributed by atoms with van der Waals surface area (Å²) in [6.07, 6.45) is -2.64. The topological polar surface area (TPSA) is 49.3 Å². The molecular weight excluding hydrogens is 344 g/mol. The third-order valence-corrected chi connectivity index (χ3v) is 3.61. The van der Waals surface area contributed by atoms with E-state index in [0.29, 0.717) is 10.2 Å². The van der Waals surface area contributed by atoms with Crippen molar-refractivity contribution in [1.82, 2.24) is 0 Å². The van der Waals surface area contributed by atoms with Crippen molar-refractivity contribution in [3.63, 3.8) is 0 Å². The second-order valence-electron chi connectivity index (χ2n) is 4.37. The van der Waals surface area contributed by atoms with Gasteiger partial charge in [0.15, 0.2) is 6.04 Å². The van der Waals surface area contributed by atoms with Crippen LogP contribution in [0.2, 0.25) is 0 Å². The average molecular weight is 356 g/mol. The molecule has 3 nitrogen and oxygen atoms in total. The van der Waals surface area contributed by atoms with Crippen molar-refractivity contribution >= 4 is 27.6 Å². The summed E-state index contributed by atoms with van der Waals surface area (Å²) in [5, 5.41) is 12.2. The van der Waals surface area contributed by atoms with Gasteiger partial charge in [-0.2, -0.15) is 0 Å². The molecule has 0 heterocycles. The first-order valence-electron chi connectivity index (χ1n) is 6.11. The van der Waals surface area contributed by atoms with Crippen molar-refractivity contribution in [2.24, 2.45) is 0 Å². The monoisotopic (exact) mass is 355 g/mol. The molecule has 2 rings (SSSR count). The minimum absolute atomic E-state index is 0.201. The molecule has 0 saturated heterocycles. The van der Waals surface area contributed by atoms with Crippen LogP contribution in [0.5, 0.6) is 0 Å². The molecule has 0 aromatic heterocycles. The predicted molar refractivity (Wildman–Crippen MR) is 79.5 cm³/mol. The van der Waals surface area contributed by atoms with Gasteiger partial charge in [0.25, 0.3) is 6.43 Å². The van der Waals surface area contributed by atoms with Gasteiger partial charge in [0, 0.05) is 15.7 Å². The minimum Gasteiger partial charge on any atom is -0.479 e. The van der Waals surface area contributed by atoms with Crippen LogP contribution in [-0.4, -0.2) is 11.1 Å². The number of nitrogens with one attached hydrogen (secondary N) is 1. The molecule has 0 spiro atoms. The number of rotatable bonds is 5. The summed E-state index contributed by atoms with van der Waals surface area (Å²) in [4.78, 5) is 11.4. The summed E-state index contributed by atoms with van der Waals surface area (Å²) < 4.78 is 26.2. The van der Waals surface area contributed by atoms with Crippen LogP contribution >= 0.6 is 15.9 Å². The number of anilines is 1. The SMILES string of the molecule is O=C(O)C(Nc1ccccc1Br)c1cccc(C(F)F)c1. The fraction of sp³-hybridized carbons (Fsp3) is 0.133. The molecule has 2 N–H and O–H groups in total. The van der Waals surface area contributed by atoms with Crippen molar-refractivity contribution < 1.29 is 18.7 Å². The van der Waals surface area contributed by atoms with Crippen molar-refractivity contribution in [3.05, 3.63) is 64.1 Å². The molecule has 110 valence electrons. The number of carboxylic acid groups (broad SMARTS) is 1. The molecule has 0 amide bonds. The van der Waals surface area contributed by atoms with Crippen molar-refractivity contribution in [2.75, 3.05) is 5.32 Å². The largest absolute Gasteiger partial charge is 0.479 e. The van der Waals surface area contributed by atoms with Crippen LogP contribution in [0.25, 0.3) is 0 Å². The van der Waals surface area contributed by atoms with Gasteiger partial charge < -0.3 is 10.4 Å². The summed E-state index contributed by atoms with van der Waals surface area (Å²) in [5.41, 5.74) is 0.649. The molecule has 0 aliphatic heterocycles. The number of carbonyl (C=O) groups is 1. The van der Waals surface area contributed by atoms with Gasteiger partial charge in [-0.3, -0.25) is 0 Å². The molecule has 0 saturated carbocycles. The smallest absolute Gasteiger partial charge is 0.330 e. The maximum Gasteiger partial charge on any atom is 0.330 e. The third-order valence-electron chi connectivity index (χ3n) is 2.92. The Morgan fingerprint density at radius 3 is 2.38 bits per heavy atom. The van der Waals surface area contributed by atoms with Crippen molar-refractivity contribution in [2.45, 2.75) is 12.5 Å². The molecule has 21 heavy (non-hydrogen) atoms. The lowest BCUT2D eigenvalue weighted by Gasteiger charge is -2.18. The molecule has 0 radical (unpaired) electrons. The highest BCUT2D eigenvalue weighted by atomic mass is 79.9. The Bertz CT molecular complexity index is 649. The van der Waals surface area contributed by atoms with Crippen LogP contribution in [0.4, 0.5) is 14.5 Å². The Kier molecular flexibility index (Phi) is 4.90. The first kappa shape index (κ1) is 15.4. The summed E-state index contributed by atoms with van der Waals surface area (Å²) in [5.74, 6) is -1.14. The molecule has 1 atom stereocenters. The van der Waals surface area contributed by atoms with E-state index in [0.717, 1.165) is 0 Å². The van der Waals surface area contributed by atoms with E-state index in [4.69, 9.17) is 0 Å². The zero-order valence-corrected chi connectivity index (χ0v) is 12.3. The lowest BCUT2D eigenvalue weighted by molar-refractivity contribution is -0.138. The molecule has 0 aliphatic rings. The lowest BCUT2D eigenvalue weighted by Crippen LogP contribution is -2.20. The fourth-order valence-corrected chi connectivity index (χ4v) is 2.29. The molecule has 2 aromatic rings. The highest BCUT2D eigenvalue weighted by Gasteiger charge is 2.21. The number of hydrogen-bond donors (Lipinski definition) is 2. The van der Waals surface area contributed by atoms with Gasteiger partial charge in [0.05, 0.1) is 0 Å². The maximum absolute atomic E-state index is 12.7. The molecule has 6 heteroatoms. The zero-order valence-electron chi connectivity index (χ0n) is 10.8. The van der Waals surface area contributed by atoms with E-state index in [1.165, 1.54) is 24.3 Å². The van der Waals surface area contributed by atoms with Gasteiger partial charge in [0.1, 0.15) is 0 Å². The van der Waals surface area contributed by atoms with Crippen LogP contribution in [0.15, 0.2) is 53.0 Å². The van der Waals surface area contributed by atoms with E-state index >= 15 is 0 Å². The highest BCUT2D eigenvalue weighted by Crippen LogP contribution is 2.28. The lowest BCUT2D eigenvalue weighted by atomic mass is 10.0. The molecule has 2 aromatic carbocycles. The van der Waals surface area contributed by atoms with Gasteiger partial charge in [-0.25, -0.2) is 13.6 Å². The number of halogens is 3. The van der Waals surface area contributed by atoms with Crippen LogP contribution in [0, 0.1) is 0 Å². The number of benzene rings is 2. The first-order chi connectivity index (χ1) is 9.99. The molecule has 1 unspecified atom stereocenters. The number of para-hydroxylation sites is 1. The Labute approximate surface area is 128 Å². The summed E-state index contributed by atoms with van der Waals surface area (Å²) >= 11 is 3.31. The molecular formula is C15H12BrF2NO2. The third kappa shape index (κ3) is 3.78. The number of hydrogen-bond acceptors (Lipinski definition) is 2. The predicted octanol–water partition coefficient (Wildman–Crippen LogP) is 4.62. The second kappa shape index (κ2) is 6.67. The Hall–Kier alpha value is -1.95. The molecule has 0 fully saturated rings. The second-order valence-corrected chi connectivity index (χ2v) is 5.22. The van der Waals surface area contributed by atoms with E-state index in [9.17, 15) is 18.7 Å². The minimum atomic E-state index is -2.64. The Morgan fingerprint density at radius 2 is 1.76 bits per heavy atom. The van der Waals surface area contributed by atoms with E-state index in [2.05, 4.69) is 21.2 Å². The fourth-order valence-electron chi connectivity index (χ4n) is 1.90. The van der Waals surface area contributed by atoms with E-state index in [1.54, 1.807) is 24.3 Å². The zero-order chi connectivity index (χ0) is 15.4. The summed E-state index contributed by atoms with van der Waals surface area (Å²) in [6, 6.07) is 11.3. The van der Waals surface area contributed by atoms with E-state index in [1.807, 2.05) is 0 Å². The van der Waals surface area contributed by atoms with Crippen LogP contribution in [-0.2, 0) is 4.79 Å². The van der Waals surface area contributed by atoms with Gasteiger partial charge in [-0.15, -0.1) is 0 Å². The van der Waals surface area contributed by atoms with Crippen molar-refractivity contribution in [1.29, 1.82) is 0 Å². The summed E-state index contributed by atoms with van der Waals surface area (Å²) in [7, 11) is 0. The van der Waals surface area contributed by atoms with Crippen molar-refractivity contribution in [3.8, 4) is 0 Å².